The number of hydrogen-bond acceptors (Lipinski definition) is 2. The van der Waals surface area contributed by atoms with E-state index in [1.54, 1.807) is 0 Å². The van der Waals surface area contributed by atoms with Crippen LogP contribution in [0.5, 0.6) is 0 Å². The Hall–Kier alpha value is -0.530. The number of carbonyl (C=O) groups is 1. The molecule has 8 unspecified atom stereocenters. The Morgan fingerprint density at radius 3 is 1.73 bits per heavy atom. The summed E-state index contributed by atoms with van der Waals surface area (Å²) >= 11 is 0. The molecule has 3 saturated carbocycles. The molecule has 8 atom stereocenters. The average molecular weight is 417 g/mol. The first-order valence-electron chi connectivity index (χ1n) is 13.5. The van der Waals surface area contributed by atoms with Crippen molar-refractivity contribution in [2.75, 3.05) is 0 Å². The summed E-state index contributed by atoms with van der Waals surface area (Å²) in [4.78, 5) is 13.3. The fourth-order valence-corrected chi connectivity index (χ4v) is 8.43. The molecule has 0 bridgehead atoms. The molecule has 2 heteroatoms. The Bertz CT molecular complexity index is 576. The zero-order chi connectivity index (χ0) is 21.6. The third-order valence-electron chi connectivity index (χ3n) is 10.4. The normalized spacial score (nSPS) is 47.4. The SMILES string of the molecule is CC(C)C1CCC(C)C(C2(C3CC(C(C)C)CCC3C)OC(=O)C3CCCCC32)C1. The molecule has 0 amide bonds. The van der Waals surface area contributed by atoms with Crippen molar-refractivity contribution in [2.45, 2.75) is 111 Å². The number of rotatable bonds is 4. The lowest BCUT2D eigenvalue weighted by Crippen LogP contribution is -2.57. The van der Waals surface area contributed by atoms with Crippen LogP contribution in [0.4, 0.5) is 0 Å². The Kier molecular flexibility index (Phi) is 6.63. The van der Waals surface area contributed by atoms with Crippen molar-refractivity contribution in [3.63, 3.8) is 0 Å². The molecule has 0 spiro atoms. The Labute approximate surface area is 186 Å². The average Bonchev–Trinajstić information content (AvgIpc) is 3.02. The molecule has 3 aliphatic carbocycles. The van der Waals surface area contributed by atoms with Crippen molar-refractivity contribution in [3.05, 3.63) is 0 Å². The lowest BCUT2D eigenvalue weighted by Gasteiger charge is -2.55. The lowest BCUT2D eigenvalue weighted by molar-refractivity contribution is -0.184. The molecule has 4 aliphatic rings. The maximum Gasteiger partial charge on any atom is 0.309 e. The third kappa shape index (κ3) is 3.77. The number of carbonyl (C=O) groups excluding carboxylic acids is 1. The van der Waals surface area contributed by atoms with Crippen molar-refractivity contribution in [1.29, 1.82) is 0 Å². The molecule has 1 saturated heterocycles. The van der Waals surface area contributed by atoms with Gasteiger partial charge in [0.25, 0.3) is 0 Å². The van der Waals surface area contributed by atoms with E-state index in [2.05, 4.69) is 41.5 Å². The van der Waals surface area contributed by atoms with Crippen molar-refractivity contribution >= 4 is 5.97 Å². The molecule has 0 aromatic carbocycles. The Morgan fingerprint density at radius 2 is 1.23 bits per heavy atom. The summed E-state index contributed by atoms with van der Waals surface area (Å²) in [5.74, 6) is 6.41. The van der Waals surface area contributed by atoms with Gasteiger partial charge in [-0.1, -0.05) is 67.2 Å². The molecule has 0 aromatic rings. The van der Waals surface area contributed by atoms with Gasteiger partial charge in [0.15, 0.2) is 0 Å². The van der Waals surface area contributed by atoms with Gasteiger partial charge in [0, 0.05) is 17.8 Å². The zero-order valence-electron chi connectivity index (χ0n) is 20.7. The van der Waals surface area contributed by atoms with E-state index >= 15 is 0 Å². The second kappa shape index (κ2) is 8.78. The molecule has 0 aromatic heterocycles. The zero-order valence-corrected chi connectivity index (χ0v) is 20.7. The van der Waals surface area contributed by atoms with Crippen LogP contribution in [-0.4, -0.2) is 11.6 Å². The van der Waals surface area contributed by atoms with Crippen molar-refractivity contribution in [3.8, 4) is 0 Å². The minimum absolute atomic E-state index is 0.178. The van der Waals surface area contributed by atoms with Gasteiger partial charge in [0.2, 0.25) is 0 Å². The van der Waals surface area contributed by atoms with E-state index in [1.807, 2.05) is 0 Å². The smallest absolute Gasteiger partial charge is 0.309 e. The van der Waals surface area contributed by atoms with Gasteiger partial charge in [-0.15, -0.1) is 0 Å². The number of fused-ring (bicyclic) bond motifs is 1. The Morgan fingerprint density at radius 1 is 0.733 bits per heavy atom. The fourth-order valence-electron chi connectivity index (χ4n) is 8.43. The van der Waals surface area contributed by atoms with Gasteiger partial charge in [0.1, 0.15) is 5.60 Å². The standard InChI is InChI=1S/C28H48O2/c1-17(2)21-13-11-19(5)25(15-21)28(24-10-8-7-9-23(24)27(29)30-28)26-16-22(18(3)4)14-12-20(26)6/h17-26H,7-16H2,1-6H3. The highest BCUT2D eigenvalue weighted by Crippen LogP contribution is 2.61. The lowest BCUT2D eigenvalue weighted by atomic mass is 9.51. The topological polar surface area (TPSA) is 26.3 Å². The van der Waals surface area contributed by atoms with Gasteiger partial charge in [-0.25, -0.2) is 0 Å². The summed E-state index contributed by atoms with van der Waals surface area (Å²) in [6.45, 7) is 14.6. The summed E-state index contributed by atoms with van der Waals surface area (Å²) in [5, 5.41) is 0. The fraction of sp³-hybridized carbons (Fsp3) is 0.964. The van der Waals surface area contributed by atoms with Crippen LogP contribution in [0, 0.1) is 59.2 Å². The van der Waals surface area contributed by atoms with Gasteiger partial charge >= 0.3 is 5.97 Å². The number of hydrogen-bond donors (Lipinski definition) is 0. The number of esters is 1. The van der Waals surface area contributed by atoms with E-state index in [1.165, 1.54) is 57.8 Å². The third-order valence-corrected chi connectivity index (χ3v) is 10.4. The largest absolute Gasteiger partial charge is 0.458 e. The summed E-state index contributed by atoms with van der Waals surface area (Å²) in [6, 6.07) is 0. The summed E-state index contributed by atoms with van der Waals surface area (Å²) in [7, 11) is 0. The summed E-state index contributed by atoms with van der Waals surface area (Å²) < 4.78 is 6.83. The molecule has 1 aliphatic heterocycles. The molecule has 2 nitrogen and oxygen atoms in total. The monoisotopic (exact) mass is 416 g/mol. The van der Waals surface area contributed by atoms with Gasteiger partial charge in [-0.05, 0) is 74.0 Å². The van der Waals surface area contributed by atoms with Crippen molar-refractivity contribution in [2.24, 2.45) is 59.2 Å². The van der Waals surface area contributed by atoms with Crippen LogP contribution in [0.15, 0.2) is 0 Å². The minimum atomic E-state index is -0.178. The second-order valence-electron chi connectivity index (χ2n) is 12.6. The van der Waals surface area contributed by atoms with E-state index in [0.29, 0.717) is 29.6 Å². The highest BCUT2D eigenvalue weighted by atomic mass is 16.6. The van der Waals surface area contributed by atoms with E-state index in [-0.39, 0.29) is 17.5 Å². The van der Waals surface area contributed by atoms with E-state index < -0.39 is 0 Å². The molecular weight excluding hydrogens is 368 g/mol. The molecule has 4 rings (SSSR count). The first kappa shape index (κ1) is 22.7. The van der Waals surface area contributed by atoms with Crippen LogP contribution in [0.3, 0.4) is 0 Å². The molecule has 4 fully saturated rings. The van der Waals surface area contributed by atoms with Crippen LogP contribution >= 0.6 is 0 Å². The van der Waals surface area contributed by atoms with E-state index in [0.717, 1.165) is 30.1 Å². The van der Waals surface area contributed by atoms with Crippen molar-refractivity contribution < 1.29 is 9.53 Å². The first-order chi connectivity index (χ1) is 14.3. The molecule has 0 radical (unpaired) electrons. The second-order valence-corrected chi connectivity index (χ2v) is 12.6. The van der Waals surface area contributed by atoms with Crippen LogP contribution in [0.25, 0.3) is 0 Å². The summed E-state index contributed by atoms with van der Waals surface area (Å²) in [6.07, 6.45) is 12.7. The first-order valence-corrected chi connectivity index (χ1v) is 13.5. The molecule has 30 heavy (non-hydrogen) atoms. The predicted molar refractivity (Wildman–Crippen MR) is 124 cm³/mol. The van der Waals surface area contributed by atoms with E-state index in [4.69, 9.17) is 4.74 Å². The highest BCUT2D eigenvalue weighted by Gasteiger charge is 2.65. The maximum atomic E-state index is 13.3. The Balaban J connectivity index is 1.76. The molecular formula is C28H48O2. The van der Waals surface area contributed by atoms with Crippen LogP contribution in [-0.2, 0) is 9.53 Å². The quantitative estimate of drug-likeness (QED) is 0.443. The predicted octanol–water partition coefficient (Wildman–Crippen LogP) is 7.51. The van der Waals surface area contributed by atoms with Crippen LogP contribution < -0.4 is 0 Å². The molecule has 172 valence electrons. The van der Waals surface area contributed by atoms with Gasteiger partial charge in [0.05, 0.1) is 5.92 Å². The van der Waals surface area contributed by atoms with Gasteiger partial charge < -0.3 is 4.74 Å². The summed E-state index contributed by atoms with van der Waals surface area (Å²) in [5.41, 5.74) is -0.178. The minimum Gasteiger partial charge on any atom is -0.458 e. The van der Waals surface area contributed by atoms with Crippen molar-refractivity contribution in [1.82, 2.24) is 0 Å². The maximum absolute atomic E-state index is 13.3. The van der Waals surface area contributed by atoms with Crippen LogP contribution in [0.2, 0.25) is 0 Å². The van der Waals surface area contributed by atoms with Crippen LogP contribution in [0.1, 0.15) is 106 Å². The molecule has 0 N–H and O–H groups in total. The van der Waals surface area contributed by atoms with Gasteiger partial charge in [-0.3, -0.25) is 4.79 Å². The van der Waals surface area contributed by atoms with E-state index in [9.17, 15) is 4.79 Å². The number of ether oxygens (including phenoxy) is 1. The highest BCUT2D eigenvalue weighted by molar-refractivity contribution is 5.76. The van der Waals surface area contributed by atoms with Gasteiger partial charge in [-0.2, -0.15) is 0 Å². The number of cyclic esters (lactones) is 1. The molecule has 1 heterocycles.